The summed E-state index contributed by atoms with van der Waals surface area (Å²) in [7, 11) is -3.49. The van der Waals surface area contributed by atoms with E-state index >= 15 is 0 Å². The highest BCUT2D eigenvalue weighted by atomic mass is 32.2. The number of hydrogen-bond acceptors (Lipinski definition) is 4. The van der Waals surface area contributed by atoms with E-state index in [2.05, 4.69) is 15.6 Å². The third-order valence-electron chi connectivity index (χ3n) is 4.80. The molecule has 0 aliphatic heterocycles. The van der Waals surface area contributed by atoms with E-state index in [9.17, 15) is 17.6 Å². The summed E-state index contributed by atoms with van der Waals surface area (Å²) >= 11 is 0. The summed E-state index contributed by atoms with van der Waals surface area (Å²) in [4.78, 5) is 12.4. The number of halogens is 1. The monoisotopic (exact) mass is 389 g/mol. The van der Waals surface area contributed by atoms with Gasteiger partial charge < -0.3 is 0 Å². The van der Waals surface area contributed by atoms with Crippen molar-refractivity contribution in [1.82, 2.24) is 10.1 Å². The molecule has 4 rings (SSSR count). The second kappa shape index (κ2) is 6.94. The van der Waals surface area contributed by atoms with Crippen LogP contribution in [0.5, 0.6) is 0 Å². The molecule has 2 unspecified atom stereocenters. The molecule has 142 valence electrons. The minimum absolute atomic E-state index is 0.0310. The second-order valence-electron chi connectivity index (χ2n) is 7.04. The number of hydrogen-bond donors (Lipinski definition) is 3. The standard InChI is InChI=1S/C19H20FN3O3S/c20-13-3-1-2-12(10-13)17-11-18(17)19(24)22-21-14-6-8-16(9-7-14)27(25,26)23-15-4-5-15/h1-3,6-10,15,17-18,21,23H,4-5,11H2,(H,22,24). The van der Waals surface area contributed by atoms with Gasteiger partial charge in [0.25, 0.3) is 0 Å². The van der Waals surface area contributed by atoms with Crippen molar-refractivity contribution < 1.29 is 17.6 Å². The fraction of sp³-hybridized carbons (Fsp3) is 0.316. The van der Waals surface area contributed by atoms with E-state index in [1.807, 2.05) is 6.07 Å². The van der Waals surface area contributed by atoms with Crippen molar-refractivity contribution in [2.45, 2.75) is 36.1 Å². The molecule has 2 aromatic rings. The third kappa shape index (κ3) is 4.28. The molecule has 8 heteroatoms. The number of nitrogens with one attached hydrogen (secondary N) is 3. The molecule has 0 saturated heterocycles. The van der Waals surface area contributed by atoms with Crippen LogP contribution in [0.3, 0.4) is 0 Å². The number of carbonyl (C=O) groups is 1. The van der Waals surface area contributed by atoms with Crippen LogP contribution in [0.15, 0.2) is 53.4 Å². The van der Waals surface area contributed by atoms with E-state index in [1.54, 1.807) is 18.2 Å². The van der Waals surface area contributed by atoms with Crippen molar-refractivity contribution in [3.05, 3.63) is 59.9 Å². The van der Waals surface area contributed by atoms with Gasteiger partial charge in [0.2, 0.25) is 15.9 Å². The van der Waals surface area contributed by atoms with Crippen molar-refractivity contribution in [3.8, 4) is 0 Å². The highest BCUT2D eigenvalue weighted by Gasteiger charge is 2.44. The van der Waals surface area contributed by atoms with Gasteiger partial charge in [-0.2, -0.15) is 0 Å². The normalized spacial score (nSPS) is 21.5. The lowest BCUT2D eigenvalue weighted by Gasteiger charge is -2.10. The van der Waals surface area contributed by atoms with Crippen LogP contribution in [0.25, 0.3) is 0 Å². The molecular weight excluding hydrogens is 369 g/mol. The van der Waals surface area contributed by atoms with Crippen molar-refractivity contribution in [2.75, 3.05) is 5.43 Å². The zero-order chi connectivity index (χ0) is 19.0. The zero-order valence-corrected chi connectivity index (χ0v) is 15.3. The Balaban J connectivity index is 1.31. The van der Waals surface area contributed by atoms with E-state index in [0.29, 0.717) is 12.1 Å². The average Bonchev–Trinajstić information content (AvgIpc) is 3.54. The average molecular weight is 389 g/mol. The first-order valence-electron chi connectivity index (χ1n) is 8.86. The first-order valence-corrected chi connectivity index (χ1v) is 10.3. The third-order valence-corrected chi connectivity index (χ3v) is 6.33. The Hall–Kier alpha value is -2.45. The van der Waals surface area contributed by atoms with Gasteiger partial charge in [0.1, 0.15) is 5.82 Å². The summed E-state index contributed by atoms with van der Waals surface area (Å²) in [6.45, 7) is 0. The minimum Gasteiger partial charge on any atom is -0.299 e. The van der Waals surface area contributed by atoms with E-state index in [1.165, 1.54) is 24.3 Å². The fourth-order valence-corrected chi connectivity index (χ4v) is 4.33. The predicted molar refractivity (Wildman–Crippen MR) is 98.8 cm³/mol. The molecule has 2 aliphatic carbocycles. The first-order chi connectivity index (χ1) is 12.9. The van der Waals surface area contributed by atoms with Crippen molar-refractivity contribution >= 4 is 21.6 Å². The number of rotatable bonds is 7. The maximum Gasteiger partial charge on any atom is 0.242 e. The van der Waals surface area contributed by atoms with E-state index in [4.69, 9.17) is 0 Å². The Labute approximate surface area is 157 Å². The van der Waals surface area contributed by atoms with Crippen LogP contribution in [-0.2, 0) is 14.8 Å². The Bertz CT molecular complexity index is 958. The van der Waals surface area contributed by atoms with Crippen LogP contribution in [-0.4, -0.2) is 20.4 Å². The summed E-state index contributed by atoms with van der Waals surface area (Å²) in [5, 5.41) is 0. The predicted octanol–water partition coefficient (Wildman–Crippen LogP) is 2.51. The number of amides is 1. The maximum atomic E-state index is 13.3. The lowest BCUT2D eigenvalue weighted by atomic mass is 10.1. The second-order valence-corrected chi connectivity index (χ2v) is 8.75. The summed E-state index contributed by atoms with van der Waals surface area (Å²) in [5.74, 6) is -0.635. The lowest BCUT2D eigenvalue weighted by Crippen LogP contribution is -2.31. The summed E-state index contributed by atoms with van der Waals surface area (Å²) in [5.41, 5.74) is 6.83. The van der Waals surface area contributed by atoms with Gasteiger partial charge in [0, 0.05) is 12.0 Å². The van der Waals surface area contributed by atoms with Gasteiger partial charge in [-0.25, -0.2) is 17.5 Å². The number of anilines is 1. The molecule has 2 fully saturated rings. The van der Waals surface area contributed by atoms with Crippen molar-refractivity contribution in [1.29, 1.82) is 0 Å². The van der Waals surface area contributed by atoms with Crippen LogP contribution in [0.2, 0.25) is 0 Å². The van der Waals surface area contributed by atoms with Gasteiger partial charge in [0.15, 0.2) is 0 Å². The lowest BCUT2D eigenvalue weighted by molar-refractivity contribution is -0.121. The molecule has 0 heterocycles. The van der Waals surface area contributed by atoms with E-state index < -0.39 is 10.0 Å². The van der Waals surface area contributed by atoms with Crippen molar-refractivity contribution in [2.24, 2.45) is 5.92 Å². The minimum atomic E-state index is -3.49. The molecule has 3 N–H and O–H groups in total. The van der Waals surface area contributed by atoms with Gasteiger partial charge in [0.05, 0.1) is 10.6 Å². The fourth-order valence-electron chi connectivity index (χ4n) is 3.02. The van der Waals surface area contributed by atoms with Crippen LogP contribution < -0.4 is 15.6 Å². The molecule has 2 aromatic carbocycles. The Morgan fingerprint density at radius 1 is 1.07 bits per heavy atom. The van der Waals surface area contributed by atoms with Crippen LogP contribution in [0, 0.1) is 11.7 Å². The number of sulfonamides is 1. The summed E-state index contributed by atoms with van der Waals surface area (Å²) < 4.78 is 40.2. The van der Waals surface area contributed by atoms with Crippen LogP contribution in [0.4, 0.5) is 10.1 Å². The summed E-state index contributed by atoms with van der Waals surface area (Å²) in [6, 6.07) is 12.5. The highest BCUT2D eigenvalue weighted by Crippen LogP contribution is 2.47. The first kappa shape index (κ1) is 17.9. The Morgan fingerprint density at radius 3 is 2.48 bits per heavy atom. The molecular formula is C19H20FN3O3S. The molecule has 27 heavy (non-hydrogen) atoms. The van der Waals surface area contributed by atoms with Crippen molar-refractivity contribution in [3.63, 3.8) is 0 Å². The quantitative estimate of drug-likeness (QED) is 0.635. The molecule has 0 bridgehead atoms. The Kier molecular flexibility index (Phi) is 4.61. The molecule has 2 aliphatic rings. The van der Waals surface area contributed by atoms with Crippen LogP contribution >= 0.6 is 0 Å². The number of hydrazine groups is 1. The van der Waals surface area contributed by atoms with Crippen LogP contribution in [0.1, 0.15) is 30.7 Å². The molecule has 0 spiro atoms. The number of benzene rings is 2. The topological polar surface area (TPSA) is 87.3 Å². The maximum absolute atomic E-state index is 13.3. The van der Waals surface area contributed by atoms with Gasteiger partial charge in [-0.15, -0.1) is 0 Å². The highest BCUT2D eigenvalue weighted by molar-refractivity contribution is 7.89. The van der Waals surface area contributed by atoms with E-state index in [0.717, 1.165) is 18.4 Å². The molecule has 2 atom stereocenters. The largest absolute Gasteiger partial charge is 0.299 e. The van der Waals surface area contributed by atoms with Gasteiger partial charge in [-0.1, -0.05) is 12.1 Å². The SMILES string of the molecule is O=C(NNc1ccc(S(=O)(=O)NC2CC2)cc1)C1CC1c1cccc(F)c1. The van der Waals surface area contributed by atoms with Gasteiger partial charge in [-0.3, -0.25) is 15.6 Å². The molecule has 6 nitrogen and oxygen atoms in total. The van der Waals surface area contributed by atoms with Gasteiger partial charge >= 0.3 is 0 Å². The smallest absolute Gasteiger partial charge is 0.242 e. The molecule has 0 radical (unpaired) electrons. The molecule has 2 saturated carbocycles. The van der Waals surface area contributed by atoms with Gasteiger partial charge in [-0.05, 0) is 67.1 Å². The molecule has 0 aromatic heterocycles. The zero-order valence-electron chi connectivity index (χ0n) is 14.5. The Morgan fingerprint density at radius 2 is 1.81 bits per heavy atom. The molecule has 1 amide bonds. The van der Waals surface area contributed by atoms with E-state index in [-0.39, 0.29) is 34.5 Å². The summed E-state index contributed by atoms with van der Waals surface area (Å²) in [6.07, 6.45) is 2.44. The number of carbonyl (C=O) groups excluding carboxylic acids is 1.